The highest BCUT2D eigenvalue weighted by Crippen LogP contribution is 2.16. The summed E-state index contributed by atoms with van der Waals surface area (Å²) in [6, 6.07) is 0. The van der Waals surface area contributed by atoms with Crippen LogP contribution in [0.15, 0.2) is 60.8 Å². The predicted molar refractivity (Wildman–Crippen MR) is 279 cm³/mol. The summed E-state index contributed by atoms with van der Waals surface area (Å²) in [6.45, 7) is 6.50. The molecule has 0 fully saturated rings. The van der Waals surface area contributed by atoms with Gasteiger partial charge in [-0.05, 0) is 83.5 Å². The van der Waals surface area contributed by atoms with E-state index in [1.807, 2.05) is 0 Å². The van der Waals surface area contributed by atoms with Gasteiger partial charge in [-0.15, -0.1) is 0 Å². The van der Waals surface area contributed by atoms with Crippen molar-refractivity contribution in [2.24, 2.45) is 0 Å². The average Bonchev–Trinajstić information content (AvgIpc) is 3.30. The Morgan fingerprint density at radius 3 is 0.985 bits per heavy atom. The van der Waals surface area contributed by atoms with Gasteiger partial charge in [0.15, 0.2) is 6.10 Å². The van der Waals surface area contributed by atoms with Gasteiger partial charge in [-0.2, -0.15) is 0 Å². The van der Waals surface area contributed by atoms with Gasteiger partial charge in [0.05, 0.1) is 0 Å². The summed E-state index contributed by atoms with van der Waals surface area (Å²) in [7, 11) is 0. The molecule has 0 unspecified atom stereocenters. The number of allylic oxidation sites excluding steroid dienone is 10. The molecular weight excluding hydrogens is 805 g/mol. The molecule has 0 heterocycles. The van der Waals surface area contributed by atoms with E-state index >= 15 is 0 Å². The summed E-state index contributed by atoms with van der Waals surface area (Å²) >= 11 is 0. The van der Waals surface area contributed by atoms with Gasteiger partial charge in [0.25, 0.3) is 0 Å². The fourth-order valence-corrected chi connectivity index (χ4v) is 7.84. The third kappa shape index (κ3) is 51.9. The first kappa shape index (κ1) is 62.1. The van der Waals surface area contributed by atoms with Crippen molar-refractivity contribution in [1.29, 1.82) is 0 Å². The smallest absolute Gasteiger partial charge is 0.306 e. The SMILES string of the molecule is CC/C=C\C/C=C\C/C=C\C/C=C\CCCCC(=O)OC[C@H](COC(=O)CCCCCCCCCCCCC/C=C\CCCCCCCC)OC(=O)CCCCCCCCCCCCC. The number of carbonyl (C=O) groups is 3. The third-order valence-electron chi connectivity index (χ3n) is 12.0. The highest BCUT2D eigenvalue weighted by Gasteiger charge is 2.19. The van der Waals surface area contributed by atoms with E-state index in [0.717, 1.165) is 83.5 Å². The summed E-state index contributed by atoms with van der Waals surface area (Å²) in [5.41, 5.74) is 0. The first-order valence-electron chi connectivity index (χ1n) is 27.8. The fraction of sp³-hybridized carbons (Fsp3) is 0.780. The van der Waals surface area contributed by atoms with Gasteiger partial charge in [-0.25, -0.2) is 0 Å². The van der Waals surface area contributed by atoms with Gasteiger partial charge in [-0.3, -0.25) is 14.4 Å². The maximum atomic E-state index is 12.8. The third-order valence-corrected chi connectivity index (χ3v) is 12.0. The van der Waals surface area contributed by atoms with Crippen molar-refractivity contribution < 1.29 is 28.6 Å². The Balaban J connectivity index is 4.32. The molecule has 6 heteroatoms. The molecule has 0 amide bonds. The van der Waals surface area contributed by atoms with E-state index in [2.05, 4.69) is 81.5 Å². The Kier molecular flexibility index (Phi) is 51.3. The van der Waals surface area contributed by atoms with E-state index in [-0.39, 0.29) is 31.1 Å². The van der Waals surface area contributed by atoms with E-state index in [9.17, 15) is 14.4 Å². The predicted octanol–water partition coefficient (Wildman–Crippen LogP) is 18.4. The minimum absolute atomic E-state index is 0.0854. The Labute approximate surface area is 402 Å². The minimum atomic E-state index is -0.788. The Bertz CT molecular complexity index is 1180. The first-order chi connectivity index (χ1) is 32.0. The van der Waals surface area contributed by atoms with Crippen LogP contribution < -0.4 is 0 Å². The van der Waals surface area contributed by atoms with Crippen LogP contribution in [0.4, 0.5) is 0 Å². The molecule has 0 bridgehead atoms. The van der Waals surface area contributed by atoms with E-state index in [1.54, 1.807) is 0 Å². The molecule has 1 atom stereocenters. The van der Waals surface area contributed by atoms with Gasteiger partial charge in [0, 0.05) is 19.3 Å². The molecule has 0 saturated heterocycles. The van der Waals surface area contributed by atoms with Crippen LogP contribution in [0.25, 0.3) is 0 Å². The molecule has 0 spiro atoms. The lowest BCUT2D eigenvalue weighted by atomic mass is 10.0. The highest BCUT2D eigenvalue weighted by atomic mass is 16.6. The van der Waals surface area contributed by atoms with Crippen LogP contribution in [0.5, 0.6) is 0 Å². The maximum Gasteiger partial charge on any atom is 0.306 e. The second-order valence-corrected chi connectivity index (χ2v) is 18.5. The summed E-state index contributed by atoms with van der Waals surface area (Å²) in [4.78, 5) is 38.0. The molecule has 0 saturated carbocycles. The molecule has 0 aliphatic heterocycles. The fourth-order valence-electron chi connectivity index (χ4n) is 7.84. The lowest BCUT2D eigenvalue weighted by Gasteiger charge is -2.18. The maximum absolute atomic E-state index is 12.8. The van der Waals surface area contributed by atoms with Crippen LogP contribution in [0.2, 0.25) is 0 Å². The minimum Gasteiger partial charge on any atom is -0.462 e. The zero-order valence-corrected chi connectivity index (χ0v) is 43.0. The molecule has 6 nitrogen and oxygen atoms in total. The van der Waals surface area contributed by atoms with Crippen LogP contribution in [0.3, 0.4) is 0 Å². The largest absolute Gasteiger partial charge is 0.462 e. The van der Waals surface area contributed by atoms with Crippen molar-refractivity contribution >= 4 is 17.9 Å². The number of unbranched alkanes of at least 4 members (excludes halogenated alkanes) is 29. The summed E-state index contributed by atoms with van der Waals surface area (Å²) in [5.74, 6) is -0.922. The first-order valence-corrected chi connectivity index (χ1v) is 27.8. The second-order valence-electron chi connectivity index (χ2n) is 18.5. The van der Waals surface area contributed by atoms with E-state index in [1.165, 1.54) is 154 Å². The van der Waals surface area contributed by atoms with Crippen molar-refractivity contribution in [2.45, 2.75) is 284 Å². The van der Waals surface area contributed by atoms with Crippen molar-refractivity contribution in [1.82, 2.24) is 0 Å². The monoisotopic (exact) mass is 909 g/mol. The molecule has 0 aromatic heterocycles. The number of esters is 3. The molecule has 0 N–H and O–H groups in total. The number of hydrogen-bond donors (Lipinski definition) is 0. The molecule has 0 aromatic rings. The number of carbonyl (C=O) groups excluding carboxylic acids is 3. The van der Waals surface area contributed by atoms with Crippen LogP contribution in [0.1, 0.15) is 278 Å². The molecule has 0 aliphatic rings. The van der Waals surface area contributed by atoms with Gasteiger partial charge in [0.2, 0.25) is 0 Å². The van der Waals surface area contributed by atoms with Crippen LogP contribution >= 0.6 is 0 Å². The zero-order valence-electron chi connectivity index (χ0n) is 43.0. The number of rotatable bonds is 50. The van der Waals surface area contributed by atoms with Gasteiger partial charge in [0.1, 0.15) is 13.2 Å². The Morgan fingerprint density at radius 2 is 0.600 bits per heavy atom. The molecule has 0 radical (unpaired) electrons. The van der Waals surface area contributed by atoms with E-state index in [0.29, 0.717) is 19.3 Å². The number of hydrogen-bond acceptors (Lipinski definition) is 6. The zero-order chi connectivity index (χ0) is 47.2. The summed E-state index contributed by atoms with van der Waals surface area (Å²) < 4.78 is 16.8. The van der Waals surface area contributed by atoms with Crippen molar-refractivity contribution in [2.75, 3.05) is 13.2 Å². The summed E-state index contributed by atoms with van der Waals surface area (Å²) in [5, 5.41) is 0. The Morgan fingerprint density at radius 1 is 0.323 bits per heavy atom. The topological polar surface area (TPSA) is 78.9 Å². The quantitative estimate of drug-likeness (QED) is 0.0262. The van der Waals surface area contributed by atoms with E-state index in [4.69, 9.17) is 14.2 Å². The normalized spacial score (nSPS) is 12.5. The highest BCUT2D eigenvalue weighted by molar-refractivity contribution is 5.71. The van der Waals surface area contributed by atoms with Crippen LogP contribution in [-0.4, -0.2) is 37.2 Å². The van der Waals surface area contributed by atoms with Crippen molar-refractivity contribution in [3.8, 4) is 0 Å². The van der Waals surface area contributed by atoms with Gasteiger partial charge in [-0.1, -0.05) is 236 Å². The summed E-state index contributed by atoms with van der Waals surface area (Å²) in [6.07, 6.45) is 66.5. The van der Waals surface area contributed by atoms with Crippen molar-refractivity contribution in [3.05, 3.63) is 60.8 Å². The molecule has 0 aromatic carbocycles. The van der Waals surface area contributed by atoms with E-state index < -0.39 is 6.10 Å². The van der Waals surface area contributed by atoms with Crippen molar-refractivity contribution in [3.63, 3.8) is 0 Å². The Hall–Kier alpha value is -2.89. The molecule has 376 valence electrons. The lowest BCUT2D eigenvalue weighted by molar-refractivity contribution is -0.167. The van der Waals surface area contributed by atoms with Crippen LogP contribution in [-0.2, 0) is 28.6 Å². The van der Waals surface area contributed by atoms with Crippen LogP contribution in [0, 0.1) is 0 Å². The lowest BCUT2D eigenvalue weighted by Crippen LogP contribution is -2.30. The second kappa shape index (κ2) is 53.7. The molecule has 0 aliphatic carbocycles. The standard InChI is InChI=1S/C59H104O6/c1-4-7-10-13-16-19-22-24-26-27-28-29-30-31-33-35-38-40-43-46-49-52-58(61)64-55-56(65-59(62)53-50-47-44-41-36-21-18-15-12-9-6-3)54-63-57(60)51-48-45-42-39-37-34-32-25-23-20-17-14-11-8-5-2/h8,11,17,20,24-26,32,37,39,56H,4-7,9-10,12-16,18-19,21-23,27-31,33-36,38,40-55H2,1-3H3/b11-8-,20-17-,26-24-,32-25-,39-37-/t56-/m1/s1. The van der Waals surface area contributed by atoms with Gasteiger partial charge < -0.3 is 14.2 Å². The molecular formula is C59H104O6. The number of ether oxygens (including phenoxy) is 3. The van der Waals surface area contributed by atoms with Gasteiger partial charge >= 0.3 is 17.9 Å². The molecule has 65 heavy (non-hydrogen) atoms. The average molecular weight is 909 g/mol. The molecule has 0 rings (SSSR count).